The maximum absolute atomic E-state index is 14.1. The van der Waals surface area contributed by atoms with Crippen LogP contribution in [-0.2, 0) is 26.2 Å². The van der Waals surface area contributed by atoms with Gasteiger partial charge in [0.2, 0.25) is 11.8 Å². The van der Waals surface area contributed by atoms with Crippen molar-refractivity contribution < 1.29 is 18.0 Å². The van der Waals surface area contributed by atoms with Gasteiger partial charge in [0, 0.05) is 28.7 Å². The van der Waals surface area contributed by atoms with Gasteiger partial charge in [0.05, 0.1) is 10.6 Å². The van der Waals surface area contributed by atoms with Crippen LogP contribution in [0.3, 0.4) is 0 Å². The Labute approximate surface area is 247 Å². The van der Waals surface area contributed by atoms with Crippen LogP contribution in [0.25, 0.3) is 0 Å². The Morgan fingerprint density at radius 3 is 2.17 bits per heavy atom. The van der Waals surface area contributed by atoms with Gasteiger partial charge in [-0.1, -0.05) is 79.9 Å². The van der Waals surface area contributed by atoms with Crippen molar-refractivity contribution in [1.29, 1.82) is 0 Å². The molecule has 0 aliphatic heterocycles. The van der Waals surface area contributed by atoms with Crippen molar-refractivity contribution in [2.75, 3.05) is 17.4 Å². The SMILES string of the molecule is CCCCNC(=O)[C@H](CC)N(Cc1c(Cl)cccc1Cl)C(=O)CN(c1cccc(C)c1)S(=O)(=O)c1ccccc1. The highest BCUT2D eigenvalue weighted by Gasteiger charge is 2.34. The summed E-state index contributed by atoms with van der Waals surface area (Å²) in [5.74, 6) is -0.880. The number of nitrogens with zero attached hydrogens (tertiary/aromatic N) is 2. The van der Waals surface area contributed by atoms with E-state index in [1.807, 2.05) is 19.9 Å². The predicted molar refractivity (Wildman–Crippen MR) is 161 cm³/mol. The second-order valence-corrected chi connectivity index (χ2v) is 12.1. The fourth-order valence-corrected chi connectivity index (χ4v) is 6.25. The topological polar surface area (TPSA) is 86.8 Å². The van der Waals surface area contributed by atoms with Crippen LogP contribution in [0.4, 0.5) is 5.69 Å². The molecule has 0 heterocycles. The summed E-state index contributed by atoms with van der Waals surface area (Å²) in [5, 5.41) is 3.60. The predicted octanol–water partition coefficient (Wildman–Crippen LogP) is 6.22. The molecule has 0 radical (unpaired) electrons. The molecule has 0 bridgehead atoms. The minimum Gasteiger partial charge on any atom is -0.354 e. The monoisotopic (exact) mass is 603 g/mol. The van der Waals surface area contributed by atoms with E-state index in [0.29, 0.717) is 34.3 Å². The minimum absolute atomic E-state index is 0.0503. The normalized spacial score (nSPS) is 12.0. The lowest BCUT2D eigenvalue weighted by Crippen LogP contribution is -2.52. The molecule has 10 heteroatoms. The Balaban J connectivity index is 2.07. The number of benzene rings is 3. The van der Waals surface area contributed by atoms with Crippen LogP contribution in [-0.4, -0.2) is 44.3 Å². The summed E-state index contributed by atoms with van der Waals surface area (Å²) < 4.78 is 28.8. The quantitative estimate of drug-likeness (QED) is 0.235. The van der Waals surface area contributed by atoms with Gasteiger partial charge in [0.25, 0.3) is 10.0 Å². The van der Waals surface area contributed by atoms with Gasteiger partial charge < -0.3 is 10.2 Å². The lowest BCUT2D eigenvalue weighted by atomic mass is 10.1. The average Bonchev–Trinajstić information content (AvgIpc) is 2.93. The van der Waals surface area contributed by atoms with E-state index in [9.17, 15) is 18.0 Å². The molecule has 7 nitrogen and oxygen atoms in total. The van der Waals surface area contributed by atoms with Crippen molar-refractivity contribution in [2.45, 2.75) is 57.5 Å². The Kier molecular flexibility index (Phi) is 11.4. The molecule has 214 valence electrons. The molecular weight excluding hydrogens is 569 g/mol. The number of aryl methyl sites for hydroxylation is 1. The van der Waals surface area contributed by atoms with Crippen LogP contribution in [0, 0.1) is 6.92 Å². The number of carbonyl (C=O) groups is 2. The van der Waals surface area contributed by atoms with Gasteiger partial charge in [-0.15, -0.1) is 0 Å². The molecule has 3 rings (SSSR count). The first kappa shape index (κ1) is 31.5. The lowest BCUT2D eigenvalue weighted by Gasteiger charge is -2.33. The molecule has 3 aromatic rings. The van der Waals surface area contributed by atoms with Crippen molar-refractivity contribution in [3.8, 4) is 0 Å². The number of anilines is 1. The fraction of sp³-hybridized carbons (Fsp3) is 0.333. The molecule has 0 fully saturated rings. The first-order valence-electron chi connectivity index (χ1n) is 13.2. The number of sulfonamides is 1. The lowest BCUT2D eigenvalue weighted by molar-refractivity contribution is -0.140. The number of unbranched alkanes of at least 4 members (excludes halogenated alkanes) is 1. The second-order valence-electron chi connectivity index (χ2n) is 9.45. The van der Waals surface area contributed by atoms with Crippen molar-refractivity contribution in [2.24, 2.45) is 0 Å². The highest BCUT2D eigenvalue weighted by Crippen LogP contribution is 2.29. The summed E-state index contributed by atoms with van der Waals surface area (Å²) >= 11 is 12.9. The number of carbonyl (C=O) groups excluding carboxylic acids is 2. The van der Waals surface area contributed by atoms with E-state index >= 15 is 0 Å². The first-order chi connectivity index (χ1) is 19.1. The molecule has 2 amide bonds. The second kappa shape index (κ2) is 14.5. The largest absolute Gasteiger partial charge is 0.354 e. The van der Waals surface area contributed by atoms with E-state index in [1.54, 1.807) is 61.5 Å². The maximum Gasteiger partial charge on any atom is 0.264 e. The van der Waals surface area contributed by atoms with Crippen molar-refractivity contribution >= 4 is 50.7 Å². The number of hydrogen-bond donors (Lipinski definition) is 1. The molecule has 0 saturated heterocycles. The zero-order chi connectivity index (χ0) is 29.3. The minimum atomic E-state index is -4.13. The van der Waals surface area contributed by atoms with E-state index in [-0.39, 0.29) is 17.3 Å². The molecule has 0 spiro atoms. The fourth-order valence-electron chi connectivity index (χ4n) is 4.31. The van der Waals surface area contributed by atoms with Gasteiger partial charge in [-0.05, 0) is 61.7 Å². The summed E-state index contributed by atoms with van der Waals surface area (Å²) in [6, 6.07) is 19.0. The molecule has 3 aromatic carbocycles. The van der Waals surface area contributed by atoms with Crippen molar-refractivity contribution in [3.63, 3.8) is 0 Å². The van der Waals surface area contributed by atoms with Crippen LogP contribution < -0.4 is 9.62 Å². The number of rotatable bonds is 13. The Hall–Kier alpha value is -3.07. The molecule has 1 atom stereocenters. The standard InChI is InChI=1S/C30H35Cl2N3O4S/c1-4-6-18-33-30(37)28(5-2)34(20-25-26(31)16-11-17-27(25)32)29(36)21-35(23-13-10-12-22(3)19-23)40(38,39)24-14-8-7-9-15-24/h7-17,19,28H,4-6,18,20-21H2,1-3H3,(H,33,37)/t28-/m0/s1. The molecule has 0 aliphatic rings. The summed E-state index contributed by atoms with van der Waals surface area (Å²) in [5.41, 5.74) is 1.65. The van der Waals surface area contributed by atoms with Crippen molar-refractivity contribution in [1.82, 2.24) is 10.2 Å². The molecule has 1 N–H and O–H groups in total. The Morgan fingerprint density at radius 1 is 0.925 bits per heavy atom. The molecule has 0 aliphatic carbocycles. The third-order valence-electron chi connectivity index (χ3n) is 6.51. The summed E-state index contributed by atoms with van der Waals surface area (Å²) in [6.07, 6.45) is 2.00. The number of amides is 2. The molecular formula is C30H35Cl2N3O4S. The zero-order valence-electron chi connectivity index (χ0n) is 22.9. The van der Waals surface area contributed by atoms with Crippen LogP contribution in [0.15, 0.2) is 77.7 Å². The highest BCUT2D eigenvalue weighted by atomic mass is 35.5. The average molecular weight is 605 g/mol. The van der Waals surface area contributed by atoms with Crippen LogP contribution in [0.2, 0.25) is 10.0 Å². The van der Waals surface area contributed by atoms with E-state index in [4.69, 9.17) is 23.2 Å². The maximum atomic E-state index is 14.1. The van der Waals surface area contributed by atoms with Crippen molar-refractivity contribution in [3.05, 3.63) is 94.0 Å². The van der Waals surface area contributed by atoms with Gasteiger partial charge >= 0.3 is 0 Å². The van der Waals surface area contributed by atoms with Crippen LogP contribution >= 0.6 is 23.2 Å². The van der Waals surface area contributed by atoms with E-state index in [2.05, 4.69) is 5.32 Å². The van der Waals surface area contributed by atoms with Crippen LogP contribution in [0.1, 0.15) is 44.2 Å². The third-order valence-corrected chi connectivity index (χ3v) is 9.00. The molecule has 0 saturated carbocycles. The molecule has 0 aromatic heterocycles. The highest BCUT2D eigenvalue weighted by molar-refractivity contribution is 7.92. The Bertz CT molecular complexity index is 1400. The van der Waals surface area contributed by atoms with E-state index < -0.39 is 28.5 Å². The summed E-state index contributed by atoms with van der Waals surface area (Å²) in [4.78, 5) is 28.8. The zero-order valence-corrected chi connectivity index (χ0v) is 25.3. The third kappa shape index (κ3) is 7.77. The number of halogens is 2. The van der Waals surface area contributed by atoms with E-state index in [0.717, 1.165) is 22.7 Å². The first-order valence-corrected chi connectivity index (χ1v) is 15.4. The van der Waals surface area contributed by atoms with Gasteiger partial charge in [-0.3, -0.25) is 13.9 Å². The summed E-state index contributed by atoms with van der Waals surface area (Å²) in [6.45, 7) is 5.55. The van der Waals surface area contributed by atoms with Crippen LogP contribution in [0.5, 0.6) is 0 Å². The molecule has 0 unspecified atom stereocenters. The van der Waals surface area contributed by atoms with E-state index in [1.165, 1.54) is 17.0 Å². The smallest absolute Gasteiger partial charge is 0.264 e. The van der Waals surface area contributed by atoms with Gasteiger partial charge in [0.15, 0.2) is 0 Å². The van der Waals surface area contributed by atoms with Gasteiger partial charge in [-0.2, -0.15) is 0 Å². The Morgan fingerprint density at radius 2 is 1.57 bits per heavy atom. The number of nitrogens with one attached hydrogen (secondary N) is 1. The summed E-state index contributed by atoms with van der Waals surface area (Å²) in [7, 11) is -4.13. The van der Waals surface area contributed by atoms with Gasteiger partial charge in [-0.25, -0.2) is 8.42 Å². The van der Waals surface area contributed by atoms with Gasteiger partial charge in [0.1, 0.15) is 12.6 Å². The molecule has 40 heavy (non-hydrogen) atoms. The number of hydrogen-bond acceptors (Lipinski definition) is 4.